The molecule has 0 aromatic heterocycles. The van der Waals surface area contributed by atoms with Crippen LogP contribution in [0.3, 0.4) is 0 Å². The minimum atomic E-state index is -1.01. The van der Waals surface area contributed by atoms with Crippen molar-refractivity contribution in [1.82, 2.24) is 10.2 Å². The summed E-state index contributed by atoms with van der Waals surface area (Å²) in [6, 6.07) is -0.569. The van der Waals surface area contributed by atoms with E-state index in [9.17, 15) is 9.90 Å². The first-order valence-electron chi connectivity index (χ1n) is 6.75. The normalized spacial score (nSPS) is 19.6. The number of nitrogens with zero attached hydrogens (tertiary/aromatic N) is 2. The molecule has 1 aliphatic rings. The fraction of sp³-hybridized carbons (Fsp3) is 0.667. The number of amidine groups is 1. The largest absolute Gasteiger partial charge is 0.355 e. The first-order valence-corrected chi connectivity index (χ1v) is 6.75. The van der Waals surface area contributed by atoms with Gasteiger partial charge in [0.2, 0.25) is 6.35 Å². The highest BCUT2D eigenvalue weighted by Crippen LogP contribution is 2.09. The second kappa shape index (κ2) is 8.51. The molecule has 2 atom stereocenters. The van der Waals surface area contributed by atoms with E-state index in [2.05, 4.69) is 10.3 Å². The third-order valence-corrected chi connectivity index (χ3v) is 3.00. The SMILES string of the molecule is NCCC[C@H](N)CCCN1C=CC(NC(N)=O)=NC1O. The smallest absolute Gasteiger partial charge is 0.317 e. The molecule has 1 aliphatic heterocycles. The summed E-state index contributed by atoms with van der Waals surface area (Å²) in [7, 11) is 0. The van der Waals surface area contributed by atoms with E-state index in [4.69, 9.17) is 17.2 Å². The van der Waals surface area contributed by atoms with E-state index in [0.717, 1.165) is 25.7 Å². The Balaban J connectivity index is 2.28. The topological polar surface area (TPSA) is 143 Å². The summed E-state index contributed by atoms with van der Waals surface area (Å²) in [6.45, 7) is 1.30. The maximum absolute atomic E-state index is 10.7. The number of hydrogen-bond acceptors (Lipinski definition) is 6. The van der Waals surface area contributed by atoms with Gasteiger partial charge in [-0.25, -0.2) is 9.79 Å². The number of rotatable bonds is 7. The zero-order valence-corrected chi connectivity index (χ0v) is 11.5. The van der Waals surface area contributed by atoms with Crippen LogP contribution in [0.1, 0.15) is 25.7 Å². The number of aliphatic hydroxyl groups excluding tert-OH is 1. The van der Waals surface area contributed by atoms with Crippen LogP contribution in [0.4, 0.5) is 4.79 Å². The standard InChI is InChI=1S/C12H24N6O2/c13-6-1-3-9(14)4-2-7-18-8-5-10(16-11(15)19)17-12(18)20/h5,8-9,12,20H,1-4,6-7,13-14H2,(H3,15,16,17,19)/t9-,12?/m0/s1. The molecule has 1 rings (SSSR count). The lowest BCUT2D eigenvalue weighted by atomic mass is 10.1. The maximum atomic E-state index is 10.7. The van der Waals surface area contributed by atoms with Crippen LogP contribution in [0.2, 0.25) is 0 Å². The number of urea groups is 1. The van der Waals surface area contributed by atoms with Crippen molar-refractivity contribution in [3.05, 3.63) is 12.3 Å². The molecular formula is C12H24N6O2. The number of carbonyl (C=O) groups excluding carboxylic acids is 1. The molecule has 0 aliphatic carbocycles. The van der Waals surface area contributed by atoms with E-state index in [-0.39, 0.29) is 11.9 Å². The highest BCUT2D eigenvalue weighted by atomic mass is 16.3. The van der Waals surface area contributed by atoms with Crippen LogP contribution in [-0.4, -0.2) is 47.4 Å². The van der Waals surface area contributed by atoms with Crippen LogP contribution in [0.25, 0.3) is 0 Å². The Morgan fingerprint density at radius 1 is 1.50 bits per heavy atom. The van der Waals surface area contributed by atoms with Crippen molar-refractivity contribution >= 4 is 11.9 Å². The van der Waals surface area contributed by atoms with Gasteiger partial charge in [0, 0.05) is 18.8 Å². The predicted octanol–water partition coefficient (Wildman–Crippen LogP) is -0.995. The number of carbonyl (C=O) groups is 1. The number of nitrogens with two attached hydrogens (primary N) is 3. The maximum Gasteiger partial charge on any atom is 0.317 e. The van der Waals surface area contributed by atoms with Gasteiger partial charge in [0.25, 0.3) is 0 Å². The van der Waals surface area contributed by atoms with Crippen molar-refractivity contribution in [2.24, 2.45) is 22.2 Å². The first kappa shape index (κ1) is 16.4. The minimum absolute atomic E-state index is 0.139. The molecule has 0 saturated heterocycles. The molecule has 8 N–H and O–H groups in total. The molecule has 1 unspecified atom stereocenters. The molecule has 20 heavy (non-hydrogen) atoms. The van der Waals surface area contributed by atoms with Crippen LogP contribution in [0.15, 0.2) is 17.3 Å². The summed E-state index contributed by atoms with van der Waals surface area (Å²) in [5.74, 6) is 0.251. The highest BCUT2D eigenvalue weighted by molar-refractivity contribution is 6.03. The molecule has 8 heteroatoms. The number of aliphatic hydroxyl groups is 1. The van der Waals surface area contributed by atoms with Gasteiger partial charge in [0.1, 0.15) is 5.84 Å². The number of hydrogen-bond donors (Lipinski definition) is 5. The van der Waals surface area contributed by atoms with Crippen molar-refractivity contribution in [2.45, 2.75) is 38.1 Å². The van der Waals surface area contributed by atoms with Crippen LogP contribution < -0.4 is 22.5 Å². The lowest BCUT2D eigenvalue weighted by Gasteiger charge is -2.27. The summed E-state index contributed by atoms with van der Waals surface area (Å²) in [5, 5.41) is 12.1. The minimum Gasteiger partial charge on any atom is -0.355 e. The Kier molecular flexibility index (Phi) is 6.99. The first-order chi connectivity index (χ1) is 9.52. The second-order valence-electron chi connectivity index (χ2n) is 4.74. The van der Waals surface area contributed by atoms with E-state index < -0.39 is 12.4 Å². The van der Waals surface area contributed by atoms with E-state index in [0.29, 0.717) is 13.1 Å². The Labute approximate surface area is 118 Å². The average Bonchev–Trinajstić information content (AvgIpc) is 2.38. The molecular weight excluding hydrogens is 260 g/mol. The lowest BCUT2D eigenvalue weighted by Crippen LogP contribution is -2.40. The Morgan fingerprint density at radius 2 is 2.20 bits per heavy atom. The summed E-state index contributed by atoms with van der Waals surface area (Å²) in [5.41, 5.74) is 16.3. The van der Waals surface area contributed by atoms with Crippen molar-refractivity contribution in [3.63, 3.8) is 0 Å². The van der Waals surface area contributed by atoms with Gasteiger partial charge in [-0.3, -0.25) is 5.32 Å². The van der Waals surface area contributed by atoms with Crippen molar-refractivity contribution in [3.8, 4) is 0 Å². The predicted molar refractivity (Wildman–Crippen MR) is 77.5 cm³/mol. The summed E-state index contributed by atoms with van der Waals surface area (Å²) >= 11 is 0. The van der Waals surface area contributed by atoms with Crippen LogP contribution >= 0.6 is 0 Å². The molecule has 8 nitrogen and oxygen atoms in total. The number of nitrogens with one attached hydrogen (secondary N) is 1. The van der Waals surface area contributed by atoms with Gasteiger partial charge in [-0.05, 0) is 38.3 Å². The Hall–Kier alpha value is -1.64. The monoisotopic (exact) mass is 284 g/mol. The highest BCUT2D eigenvalue weighted by Gasteiger charge is 2.16. The third kappa shape index (κ3) is 6.00. The quantitative estimate of drug-likeness (QED) is 0.407. The second-order valence-corrected chi connectivity index (χ2v) is 4.74. The van der Waals surface area contributed by atoms with Gasteiger partial charge in [0.05, 0.1) is 0 Å². The van der Waals surface area contributed by atoms with Crippen molar-refractivity contribution in [2.75, 3.05) is 13.1 Å². The van der Waals surface area contributed by atoms with E-state index in [1.165, 1.54) is 0 Å². The van der Waals surface area contributed by atoms with Gasteiger partial charge < -0.3 is 27.2 Å². The average molecular weight is 284 g/mol. The van der Waals surface area contributed by atoms with Gasteiger partial charge >= 0.3 is 6.03 Å². The molecule has 1 heterocycles. The van der Waals surface area contributed by atoms with Gasteiger partial charge in [-0.1, -0.05) is 0 Å². The fourth-order valence-corrected chi connectivity index (χ4v) is 1.94. The molecule has 0 radical (unpaired) electrons. The molecule has 0 bridgehead atoms. The van der Waals surface area contributed by atoms with Gasteiger partial charge in [-0.2, -0.15) is 0 Å². The molecule has 0 spiro atoms. The molecule has 0 aromatic carbocycles. The lowest BCUT2D eigenvalue weighted by molar-refractivity contribution is 0.0424. The third-order valence-electron chi connectivity index (χ3n) is 3.00. The Morgan fingerprint density at radius 3 is 2.80 bits per heavy atom. The zero-order chi connectivity index (χ0) is 15.0. The number of amides is 2. The van der Waals surface area contributed by atoms with Gasteiger partial charge in [0.15, 0.2) is 0 Å². The Bertz CT molecular complexity index is 371. The summed E-state index contributed by atoms with van der Waals surface area (Å²) in [4.78, 5) is 16.2. The van der Waals surface area contributed by atoms with E-state index in [1.54, 1.807) is 17.2 Å². The number of aliphatic imine (C=N–C) groups is 1. The molecule has 0 aromatic rings. The molecule has 114 valence electrons. The molecule has 0 saturated carbocycles. The summed E-state index contributed by atoms with van der Waals surface area (Å²) < 4.78 is 0. The molecule has 0 fully saturated rings. The summed E-state index contributed by atoms with van der Waals surface area (Å²) in [6.07, 6.45) is 5.82. The zero-order valence-electron chi connectivity index (χ0n) is 11.5. The van der Waals surface area contributed by atoms with E-state index >= 15 is 0 Å². The van der Waals surface area contributed by atoms with Crippen LogP contribution in [-0.2, 0) is 0 Å². The van der Waals surface area contributed by atoms with E-state index in [1.807, 2.05) is 0 Å². The van der Waals surface area contributed by atoms with Crippen LogP contribution in [0.5, 0.6) is 0 Å². The fourth-order valence-electron chi connectivity index (χ4n) is 1.94. The van der Waals surface area contributed by atoms with Gasteiger partial charge in [-0.15, -0.1) is 0 Å². The number of primary amides is 1. The van der Waals surface area contributed by atoms with Crippen molar-refractivity contribution < 1.29 is 9.90 Å². The van der Waals surface area contributed by atoms with Crippen LogP contribution in [0, 0.1) is 0 Å². The molecule has 2 amide bonds. The van der Waals surface area contributed by atoms with Crippen molar-refractivity contribution in [1.29, 1.82) is 0 Å².